The van der Waals surface area contributed by atoms with Crippen LogP contribution in [0.15, 0.2) is 47.5 Å². The second-order valence-corrected chi connectivity index (χ2v) is 7.49. The molecule has 0 saturated carbocycles. The number of pyridine rings is 2. The van der Waals surface area contributed by atoms with Crippen LogP contribution >= 0.6 is 0 Å². The molecule has 0 fully saturated rings. The molecule has 5 rings (SSSR count). The molecule has 1 atom stereocenters. The van der Waals surface area contributed by atoms with E-state index in [1.165, 1.54) is 30.6 Å². The number of rotatable bonds is 3. The third-order valence-electron chi connectivity index (χ3n) is 5.48. The van der Waals surface area contributed by atoms with Gasteiger partial charge in [-0.3, -0.25) is 14.9 Å². The fourth-order valence-electron chi connectivity index (χ4n) is 3.85. The van der Waals surface area contributed by atoms with Crippen molar-refractivity contribution in [3.05, 3.63) is 58.9 Å². The maximum Gasteiger partial charge on any atom is 0.425 e. The lowest BCUT2D eigenvalue weighted by molar-refractivity contribution is -0.189. The lowest BCUT2D eigenvalue weighted by atomic mass is 9.95. The van der Waals surface area contributed by atoms with E-state index in [4.69, 9.17) is 10.5 Å². The zero-order valence-corrected chi connectivity index (χ0v) is 16.9. The van der Waals surface area contributed by atoms with Gasteiger partial charge in [0.05, 0.1) is 11.7 Å². The molecule has 4 N–H and O–H groups in total. The summed E-state index contributed by atoms with van der Waals surface area (Å²) in [5.74, 6) is -0.696. The second kappa shape index (κ2) is 7.19. The number of nitrogen functional groups attached to an aromatic ring is 1. The average molecular weight is 457 g/mol. The number of anilines is 1. The van der Waals surface area contributed by atoms with Crippen molar-refractivity contribution in [2.75, 3.05) is 5.73 Å². The normalized spacial score (nSPS) is 13.1. The molecule has 3 aromatic heterocycles. The summed E-state index contributed by atoms with van der Waals surface area (Å²) >= 11 is 0. The van der Waals surface area contributed by atoms with Gasteiger partial charge >= 0.3 is 6.18 Å². The molecule has 3 heterocycles. The number of alkyl halides is 3. The van der Waals surface area contributed by atoms with Crippen LogP contribution in [0.5, 0.6) is 5.75 Å². The molecule has 33 heavy (non-hydrogen) atoms. The summed E-state index contributed by atoms with van der Waals surface area (Å²) in [5, 5.41) is 7.44. The van der Waals surface area contributed by atoms with Gasteiger partial charge in [0, 0.05) is 27.9 Å². The van der Waals surface area contributed by atoms with E-state index in [0.717, 1.165) is 6.92 Å². The van der Waals surface area contributed by atoms with Gasteiger partial charge in [-0.15, -0.1) is 0 Å². The molecule has 0 radical (unpaired) electrons. The molecule has 2 aromatic carbocycles. The van der Waals surface area contributed by atoms with Crippen LogP contribution < -0.4 is 16.0 Å². The molecule has 0 aliphatic carbocycles. The molecule has 5 aromatic rings. The van der Waals surface area contributed by atoms with Crippen molar-refractivity contribution < 1.29 is 22.3 Å². The number of hydrogen-bond acceptors (Lipinski definition) is 5. The summed E-state index contributed by atoms with van der Waals surface area (Å²) in [5.41, 5.74) is 6.49. The topological polar surface area (TPSA) is 110 Å². The average Bonchev–Trinajstić information content (AvgIpc) is 3.27. The van der Waals surface area contributed by atoms with Gasteiger partial charge in [-0.05, 0) is 36.8 Å². The summed E-state index contributed by atoms with van der Waals surface area (Å²) < 4.78 is 59.2. The summed E-state index contributed by atoms with van der Waals surface area (Å²) in [7, 11) is 0. The lowest BCUT2D eigenvalue weighted by Crippen LogP contribution is -2.31. The maximum absolute atomic E-state index is 14.2. The van der Waals surface area contributed by atoms with Crippen molar-refractivity contribution in [1.29, 1.82) is 0 Å². The first-order valence-corrected chi connectivity index (χ1v) is 9.75. The first-order valence-electron chi connectivity index (χ1n) is 9.75. The van der Waals surface area contributed by atoms with Gasteiger partial charge in [0.2, 0.25) is 0 Å². The minimum Gasteiger partial charge on any atom is -0.479 e. The van der Waals surface area contributed by atoms with Crippen molar-refractivity contribution in [3.8, 4) is 16.9 Å². The fourth-order valence-corrected chi connectivity index (χ4v) is 3.85. The number of aromatic nitrogens is 4. The highest BCUT2D eigenvalue weighted by Crippen LogP contribution is 2.41. The van der Waals surface area contributed by atoms with Crippen molar-refractivity contribution >= 4 is 38.4 Å². The molecule has 0 aliphatic rings. The van der Waals surface area contributed by atoms with Gasteiger partial charge in [-0.1, -0.05) is 6.07 Å². The second-order valence-electron chi connectivity index (χ2n) is 7.49. The number of aromatic amines is 2. The Morgan fingerprint density at radius 3 is 2.67 bits per heavy atom. The monoisotopic (exact) mass is 457 g/mol. The predicted octanol–water partition coefficient (Wildman–Crippen LogP) is 4.67. The quantitative estimate of drug-likeness (QED) is 0.269. The molecular weight excluding hydrogens is 442 g/mol. The van der Waals surface area contributed by atoms with Gasteiger partial charge in [0.15, 0.2) is 6.10 Å². The van der Waals surface area contributed by atoms with Gasteiger partial charge in [0.25, 0.3) is 5.56 Å². The van der Waals surface area contributed by atoms with E-state index in [1.54, 1.807) is 12.1 Å². The van der Waals surface area contributed by atoms with Crippen molar-refractivity contribution in [3.63, 3.8) is 0 Å². The Kier molecular flexibility index (Phi) is 4.52. The van der Waals surface area contributed by atoms with Gasteiger partial charge in [-0.2, -0.15) is 18.3 Å². The Labute approximate surface area is 182 Å². The van der Waals surface area contributed by atoms with E-state index in [0.29, 0.717) is 27.2 Å². The zero-order chi connectivity index (χ0) is 23.5. The fraction of sp³-hybridized carbons (Fsp3) is 0.136. The van der Waals surface area contributed by atoms with Crippen LogP contribution in [0.4, 0.5) is 23.2 Å². The van der Waals surface area contributed by atoms with Crippen LogP contribution in [-0.4, -0.2) is 32.4 Å². The van der Waals surface area contributed by atoms with Crippen LogP contribution in [0.3, 0.4) is 0 Å². The van der Waals surface area contributed by atoms with E-state index in [9.17, 15) is 22.4 Å². The number of hydrogen-bond donors (Lipinski definition) is 3. The molecule has 11 heteroatoms. The minimum atomic E-state index is -4.61. The number of halogens is 4. The number of ether oxygens (including phenoxy) is 1. The molecule has 168 valence electrons. The number of H-pyrrole nitrogens is 2. The molecule has 0 saturated heterocycles. The molecule has 7 nitrogen and oxygen atoms in total. The highest BCUT2D eigenvalue weighted by Gasteiger charge is 2.38. The van der Waals surface area contributed by atoms with Crippen LogP contribution in [-0.2, 0) is 0 Å². The molecule has 0 aliphatic heterocycles. The summed E-state index contributed by atoms with van der Waals surface area (Å²) in [6, 6.07) is 7.16. The zero-order valence-electron chi connectivity index (χ0n) is 16.9. The first kappa shape index (κ1) is 20.7. The summed E-state index contributed by atoms with van der Waals surface area (Å²) in [6.45, 7) is 0.885. The molecule has 0 spiro atoms. The smallest absolute Gasteiger partial charge is 0.425 e. The van der Waals surface area contributed by atoms with E-state index >= 15 is 0 Å². The number of nitrogens with two attached hydrogens (primary N) is 1. The van der Waals surface area contributed by atoms with E-state index in [2.05, 4.69) is 20.2 Å². The number of nitrogens with zero attached hydrogens (tertiary/aromatic N) is 2. The summed E-state index contributed by atoms with van der Waals surface area (Å²) in [4.78, 5) is 19.6. The van der Waals surface area contributed by atoms with Crippen molar-refractivity contribution in [2.45, 2.75) is 19.2 Å². The highest BCUT2D eigenvalue weighted by molar-refractivity contribution is 6.15. The number of nitrogens with one attached hydrogen (secondary N) is 2. The van der Waals surface area contributed by atoms with Gasteiger partial charge in [-0.25, -0.2) is 4.39 Å². The van der Waals surface area contributed by atoms with E-state index in [-0.39, 0.29) is 28.0 Å². The van der Waals surface area contributed by atoms with Crippen LogP contribution in [0.2, 0.25) is 0 Å². The summed E-state index contributed by atoms with van der Waals surface area (Å²) in [6.07, 6.45) is -3.94. The SMILES string of the molecule is C[C@@H](Oc1cc2c(-c3ccc(F)c4[nH]ncc34)c(N)c(=O)[nH]c2c2cccnc12)C(F)(F)F. The third-order valence-corrected chi connectivity index (χ3v) is 5.48. The van der Waals surface area contributed by atoms with E-state index < -0.39 is 23.7 Å². The standard InChI is InChI=1S/C22H15F4N5O2/c1-9(22(24,25)26)33-15-7-12-16(10-4-5-14(23)19-13(10)8-29-31-19)17(27)21(32)30-18(12)11-3-2-6-28-20(11)15/h2-9H,27H2,1H3,(H,29,31)(H,30,32)/t9-/m1/s1. The third kappa shape index (κ3) is 3.23. The largest absolute Gasteiger partial charge is 0.479 e. The van der Waals surface area contributed by atoms with Gasteiger partial charge in [0.1, 0.15) is 28.3 Å². The predicted molar refractivity (Wildman–Crippen MR) is 115 cm³/mol. The molecule has 0 unspecified atom stereocenters. The molecule has 0 amide bonds. The minimum absolute atomic E-state index is 0.102. The van der Waals surface area contributed by atoms with Gasteiger partial charge < -0.3 is 15.5 Å². The first-order chi connectivity index (χ1) is 15.7. The Hall–Kier alpha value is -4.15. The lowest BCUT2D eigenvalue weighted by Gasteiger charge is -2.20. The Balaban J connectivity index is 1.91. The van der Waals surface area contributed by atoms with Crippen molar-refractivity contribution in [2.24, 2.45) is 0 Å². The van der Waals surface area contributed by atoms with Crippen LogP contribution in [0, 0.1) is 5.82 Å². The van der Waals surface area contributed by atoms with E-state index in [1.807, 2.05) is 0 Å². The Morgan fingerprint density at radius 1 is 1.12 bits per heavy atom. The van der Waals surface area contributed by atoms with Crippen molar-refractivity contribution in [1.82, 2.24) is 20.2 Å². The molecule has 0 bridgehead atoms. The van der Waals surface area contributed by atoms with Crippen LogP contribution in [0.25, 0.3) is 43.8 Å². The number of benzene rings is 2. The highest BCUT2D eigenvalue weighted by atomic mass is 19.4. The molecular formula is C22H15F4N5O2. The Morgan fingerprint density at radius 2 is 1.91 bits per heavy atom. The number of fused-ring (bicyclic) bond motifs is 4. The van der Waals surface area contributed by atoms with Crippen LogP contribution in [0.1, 0.15) is 6.92 Å². The maximum atomic E-state index is 14.2. The Bertz CT molecular complexity index is 1610.